The fourth-order valence-corrected chi connectivity index (χ4v) is 5.38. The van der Waals surface area contributed by atoms with Gasteiger partial charge < -0.3 is 10.2 Å². The van der Waals surface area contributed by atoms with E-state index in [1.54, 1.807) is 28.9 Å². The molecule has 1 aliphatic carbocycles. The van der Waals surface area contributed by atoms with Gasteiger partial charge in [-0.25, -0.2) is 11.3 Å². The standard InChI is InChI=1S/C26H31N7O3/c1-4-5-13-21(31(3)23(34)20-15-33(30-29-20)17-9-8-10-17)24(35)32-16-26(14-22(32)27-2)18-11-6-7-12-19(18)28-25(26)36/h6-7,11-12,15,17,21-22H,4-5,8-10,13-14,16H2,1,3H3,(H,28,36)/t21-,22-,26-/m0/s1/i3D3. The van der Waals surface area contributed by atoms with Crippen molar-refractivity contribution in [2.75, 3.05) is 18.8 Å². The summed E-state index contributed by atoms with van der Waals surface area (Å²) in [7, 11) is 0. The largest absolute Gasteiger partial charge is 0.328 e. The lowest BCUT2D eigenvalue weighted by atomic mass is 9.80. The highest BCUT2D eigenvalue weighted by atomic mass is 16.2. The van der Waals surface area contributed by atoms with Crippen molar-refractivity contribution < 1.29 is 18.5 Å². The number of carbonyl (C=O) groups is 3. The molecule has 0 radical (unpaired) electrons. The van der Waals surface area contributed by atoms with Crippen LogP contribution in [0.2, 0.25) is 0 Å². The van der Waals surface area contributed by atoms with Crippen LogP contribution in [0.15, 0.2) is 30.5 Å². The molecule has 36 heavy (non-hydrogen) atoms. The number of fused-ring (bicyclic) bond motifs is 2. The molecule has 5 rings (SSSR count). The zero-order valence-electron chi connectivity index (χ0n) is 23.2. The molecule has 1 saturated heterocycles. The fourth-order valence-electron chi connectivity index (χ4n) is 5.38. The topological polar surface area (TPSA) is 105 Å². The van der Waals surface area contributed by atoms with Crippen LogP contribution >= 0.6 is 0 Å². The molecule has 1 spiro atoms. The van der Waals surface area contributed by atoms with E-state index in [-0.39, 0.29) is 37.0 Å². The summed E-state index contributed by atoms with van der Waals surface area (Å²) in [5.74, 6) is -1.87. The van der Waals surface area contributed by atoms with Gasteiger partial charge in [-0.2, -0.15) is 0 Å². The molecule has 2 aliphatic heterocycles. The molecular weight excluding hydrogens is 458 g/mol. The maximum Gasteiger partial charge on any atom is 0.302 e. The first kappa shape index (κ1) is 20.5. The lowest BCUT2D eigenvalue weighted by Crippen LogP contribution is -2.51. The van der Waals surface area contributed by atoms with Gasteiger partial charge in [0, 0.05) is 23.3 Å². The number of likely N-dealkylation sites (tertiary alicyclic amines) is 1. The van der Waals surface area contributed by atoms with Crippen LogP contribution in [0.4, 0.5) is 5.69 Å². The lowest BCUT2D eigenvalue weighted by molar-refractivity contribution is -0.136. The minimum atomic E-state index is -2.95. The Balaban J connectivity index is 1.49. The molecular formula is C26H31N7O3. The van der Waals surface area contributed by atoms with Gasteiger partial charge in [-0.05, 0) is 37.3 Å². The molecule has 188 valence electrons. The Morgan fingerprint density at radius 1 is 1.39 bits per heavy atom. The number of benzene rings is 1. The number of amides is 3. The van der Waals surface area contributed by atoms with Crippen molar-refractivity contribution in [2.45, 2.75) is 75.5 Å². The molecule has 1 aromatic heterocycles. The fraction of sp³-hybridized carbons (Fsp3) is 0.538. The second kappa shape index (κ2) is 9.37. The van der Waals surface area contributed by atoms with Gasteiger partial charge in [0.05, 0.1) is 18.7 Å². The van der Waals surface area contributed by atoms with E-state index in [1.807, 2.05) is 6.92 Å². The Morgan fingerprint density at radius 2 is 2.19 bits per heavy atom. The number of nitrogens with zero attached hydrogens (tertiary/aromatic N) is 6. The van der Waals surface area contributed by atoms with Crippen molar-refractivity contribution in [2.24, 2.45) is 0 Å². The minimum absolute atomic E-state index is 0.0781. The molecule has 3 amide bonds. The number of rotatable bonds is 7. The van der Waals surface area contributed by atoms with E-state index >= 15 is 0 Å². The third-order valence-electron chi connectivity index (χ3n) is 7.71. The van der Waals surface area contributed by atoms with Crippen LogP contribution in [-0.4, -0.2) is 68.2 Å². The molecule has 2 aromatic rings. The highest BCUT2D eigenvalue weighted by Crippen LogP contribution is 2.47. The quantitative estimate of drug-likeness (QED) is 0.599. The number of para-hydroxylation sites is 1. The molecule has 0 unspecified atom stereocenters. The average molecular weight is 493 g/mol. The first-order chi connectivity index (χ1) is 18.6. The van der Waals surface area contributed by atoms with Crippen molar-refractivity contribution >= 4 is 23.4 Å². The molecule has 1 N–H and O–H groups in total. The van der Waals surface area contributed by atoms with Crippen molar-refractivity contribution in [3.63, 3.8) is 0 Å². The first-order valence-corrected chi connectivity index (χ1v) is 12.4. The Labute approximate surface area is 214 Å². The molecule has 1 aromatic carbocycles. The summed E-state index contributed by atoms with van der Waals surface area (Å²) in [5.41, 5.74) is 0.0882. The Kier molecular flexibility index (Phi) is 5.33. The van der Waals surface area contributed by atoms with E-state index in [9.17, 15) is 14.4 Å². The SMILES string of the molecule is [2H]C([2H])([2H])N(C(=O)c1cn(C2CCC2)nn1)[C@@H](CCCC)C(=O)N1C[C@]2(C[C@H]1[N+]#[C-])C(=O)Nc1ccccc12. The predicted molar refractivity (Wildman–Crippen MR) is 132 cm³/mol. The average Bonchev–Trinajstić information content (AvgIpc) is 3.56. The number of anilines is 1. The lowest BCUT2D eigenvalue weighted by Gasteiger charge is -2.31. The summed E-state index contributed by atoms with van der Waals surface area (Å²) in [5, 5.41) is 10.8. The van der Waals surface area contributed by atoms with Gasteiger partial charge in [-0.1, -0.05) is 43.2 Å². The normalized spacial score (nSPS) is 25.2. The maximum absolute atomic E-state index is 14.1. The van der Waals surface area contributed by atoms with Gasteiger partial charge in [-0.15, -0.1) is 5.10 Å². The Bertz CT molecular complexity index is 1330. The van der Waals surface area contributed by atoms with E-state index in [2.05, 4.69) is 20.5 Å². The summed E-state index contributed by atoms with van der Waals surface area (Å²) < 4.78 is 26.2. The third kappa shape index (κ3) is 3.83. The second-order valence-corrected chi connectivity index (χ2v) is 9.86. The monoisotopic (exact) mass is 492 g/mol. The van der Waals surface area contributed by atoms with Gasteiger partial charge in [0.2, 0.25) is 5.91 Å². The van der Waals surface area contributed by atoms with Crippen LogP contribution in [0.5, 0.6) is 0 Å². The molecule has 10 heteroatoms. The van der Waals surface area contributed by atoms with E-state index in [0.29, 0.717) is 29.0 Å². The highest BCUT2D eigenvalue weighted by Gasteiger charge is 2.59. The number of nitrogens with one attached hydrogen (secondary N) is 1. The highest BCUT2D eigenvalue weighted by molar-refractivity contribution is 6.07. The molecule has 3 heterocycles. The Hall–Kier alpha value is -3.74. The third-order valence-corrected chi connectivity index (χ3v) is 7.71. The van der Waals surface area contributed by atoms with E-state index in [1.165, 1.54) is 11.1 Å². The number of unbranched alkanes of at least 4 members (excludes halogenated alkanes) is 1. The zero-order chi connectivity index (χ0) is 27.9. The van der Waals surface area contributed by atoms with Gasteiger partial charge in [-0.3, -0.25) is 24.1 Å². The minimum Gasteiger partial charge on any atom is -0.328 e. The van der Waals surface area contributed by atoms with Crippen molar-refractivity contribution in [1.82, 2.24) is 24.8 Å². The smallest absolute Gasteiger partial charge is 0.302 e. The van der Waals surface area contributed by atoms with E-state index in [4.69, 9.17) is 10.7 Å². The summed E-state index contributed by atoms with van der Waals surface area (Å²) in [6.45, 7) is 6.68. The van der Waals surface area contributed by atoms with Crippen LogP contribution in [0.3, 0.4) is 0 Å². The van der Waals surface area contributed by atoms with Gasteiger partial charge >= 0.3 is 6.17 Å². The van der Waals surface area contributed by atoms with Crippen molar-refractivity contribution in [1.29, 1.82) is 0 Å². The van der Waals surface area contributed by atoms with E-state index < -0.39 is 36.4 Å². The van der Waals surface area contributed by atoms with Crippen LogP contribution in [-0.2, 0) is 15.0 Å². The number of hydrogen-bond acceptors (Lipinski definition) is 5. The first-order valence-electron chi connectivity index (χ1n) is 13.9. The molecule has 0 bridgehead atoms. The van der Waals surface area contributed by atoms with Crippen molar-refractivity contribution in [3.05, 3.63) is 53.1 Å². The van der Waals surface area contributed by atoms with Crippen LogP contribution < -0.4 is 5.32 Å². The summed E-state index contributed by atoms with van der Waals surface area (Å²) in [6.07, 6.45) is 4.64. The van der Waals surface area contributed by atoms with Crippen LogP contribution in [0, 0.1) is 6.57 Å². The van der Waals surface area contributed by atoms with Crippen LogP contribution in [0.25, 0.3) is 4.85 Å². The molecule has 3 aliphatic rings. The van der Waals surface area contributed by atoms with Gasteiger partial charge in [0.1, 0.15) is 11.5 Å². The molecule has 1 saturated carbocycles. The molecule has 2 fully saturated rings. The maximum atomic E-state index is 14.1. The Morgan fingerprint density at radius 3 is 2.89 bits per heavy atom. The molecule has 3 atom stereocenters. The summed E-state index contributed by atoms with van der Waals surface area (Å²) >= 11 is 0. The summed E-state index contributed by atoms with van der Waals surface area (Å²) in [6, 6.07) is 5.93. The van der Waals surface area contributed by atoms with Gasteiger partial charge in [0.25, 0.3) is 11.8 Å². The number of hydrogen-bond donors (Lipinski definition) is 1. The number of carbonyl (C=O) groups excluding carboxylic acids is 3. The van der Waals surface area contributed by atoms with E-state index in [0.717, 1.165) is 19.3 Å². The van der Waals surface area contributed by atoms with Crippen molar-refractivity contribution in [3.8, 4) is 0 Å². The van der Waals surface area contributed by atoms with Gasteiger partial charge in [0.15, 0.2) is 5.69 Å². The molecule has 10 nitrogen and oxygen atoms in total. The summed E-state index contributed by atoms with van der Waals surface area (Å²) in [4.78, 5) is 46.5. The second-order valence-electron chi connectivity index (χ2n) is 9.86. The zero-order valence-corrected chi connectivity index (χ0v) is 20.2. The number of aromatic nitrogens is 3. The van der Waals surface area contributed by atoms with Crippen LogP contribution in [0.1, 0.15) is 78.1 Å². The number of likely N-dealkylation sites (N-methyl/N-ethyl adjacent to an activating group) is 1. The predicted octanol–water partition coefficient (Wildman–Crippen LogP) is 3.00.